The molecule has 132 valence electrons. The first kappa shape index (κ1) is 17.3. The van der Waals surface area contributed by atoms with Crippen LogP contribution in [0.25, 0.3) is 10.8 Å². The van der Waals surface area contributed by atoms with Crippen LogP contribution in [0.4, 0.5) is 0 Å². The minimum Gasteiger partial charge on any atom is -0.507 e. The zero-order chi connectivity index (χ0) is 18.4. The lowest BCUT2D eigenvalue weighted by Crippen LogP contribution is -2.24. The molecule has 3 aromatic carbocycles. The van der Waals surface area contributed by atoms with Crippen molar-refractivity contribution in [2.24, 2.45) is 5.10 Å². The number of carbonyl (C=O) groups is 1. The number of nitrogens with zero attached hydrogens (tertiary/aromatic N) is 1. The van der Waals surface area contributed by atoms with Gasteiger partial charge in [-0.3, -0.25) is 4.79 Å². The number of amides is 1. The molecule has 0 bridgehead atoms. The van der Waals surface area contributed by atoms with Gasteiger partial charge in [-0.15, -0.1) is 0 Å². The highest BCUT2D eigenvalue weighted by molar-refractivity contribution is 6.02. The van der Waals surface area contributed by atoms with Crippen molar-refractivity contribution in [1.82, 2.24) is 5.43 Å². The maximum Gasteiger partial charge on any atom is 0.277 e. The normalized spacial score (nSPS) is 10.8. The van der Waals surface area contributed by atoms with E-state index < -0.39 is 5.91 Å². The van der Waals surface area contributed by atoms with E-state index in [0.717, 1.165) is 10.8 Å². The standard InChI is InChI=1S/C20H18N2O4/c1-25-15-7-9-16(10-8-15)26-13-20(24)22-21-12-18-17-5-3-2-4-14(17)6-11-19(18)23/h2-12,23H,13H2,1H3,(H,22,24). The van der Waals surface area contributed by atoms with Crippen LogP contribution in [0.3, 0.4) is 0 Å². The van der Waals surface area contributed by atoms with E-state index in [1.807, 2.05) is 30.3 Å². The number of carbonyl (C=O) groups excluding carboxylic acids is 1. The Morgan fingerprint density at radius 3 is 2.58 bits per heavy atom. The second-order valence-corrected chi connectivity index (χ2v) is 5.48. The van der Waals surface area contributed by atoms with Crippen LogP contribution < -0.4 is 14.9 Å². The Bertz CT molecular complexity index is 936. The number of fused-ring (bicyclic) bond motifs is 1. The lowest BCUT2D eigenvalue weighted by Gasteiger charge is -2.06. The molecule has 0 spiro atoms. The summed E-state index contributed by atoms with van der Waals surface area (Å²) in [6.07, 6.45) is 1.42. The molecule has 0 aromatic heterocycles. The molecule has 0 radical (unpaired) electrons. The Morgan fingerprint density at radius 2 is 1.81 bits per heavy atom. The van der Waals surface area contributed by atoms with Crippen LogP contribution >= 0.6 is 0 Å². The fourth-order valence-electron chi connectivity index (χ4n) is 2.44. The van der Waals surface area contributed by atoms with Crippen molar-refractivity contribution in [3.8, 4) is 17.2 Å². The molecule has 0 saturated heterocycles. The number of hydrazone groups is 1. The third kappa shape index (κ3) is 4.10. The van der Waals surface area contributed by atoms with Crippen LogP contribution in [0, 0.1) is 0 Å². The molecule has 0 atom stereocenters. The van der Waals surface area contributed by atoms with Crippen molar-refractivity contribution in [2.45, 2.75) is 0 Å². The van der Waals surface area contributed by atoms with E-state index in [1.165, 1.54) is 6.21 Å². The summed E-state index contributed by atoms with van der Waals surface area (Å²) in [7, 11) is 1.58. The zero-order valence-electron chi connectivity index (χ0n) is 14.2. The fourth-order valence-corrected chi connectivity index (χ4v) is 2.44. The Labute approximate surface area is 150 Å². The molecule has 0 saturated carbocycles. The zero-order valence-corrected chi connectivity index (χ0v) is 14.2. The predicted molar refractivity (Wildman–Crippen MR) is 99.8 cm³/mol. The van der Waals surface area contributed by atoms with Gasteiger partial charge in [0.15, 0.2) is 6.61 Å². The van der Waals surface area contributed by atoms with Crippen LogP contribution in [0.2, 0.25) is 0 Å². The Morgan fingerprint density at radius 1 is 1.08 bits per heavy atom. The van der Waals surface area contributed by atoms with Crippen molar-refractivity contribution in [1.29, 1.82) is 0 Å². The average molecular weight is 350 g/mol. The summed E-state index contributed by atoms with van der Waals surface area (Å²) >= 11 is 0. The summed E-state index contributed by atoms with van der Waals surface area (Å²) in [5, 5.41) is 15.8. The molecule has 6 nitrogen and oxygen atoms in total. The molecule has 3 rings (SSSR count). The lowest BCUT2D eigenvalue weighted by molar-refractivity contribution is -0.123. The molecule has 26 heavy (non-hydrogen) atoms. The molecular formula is C20H18N2O4. The number of ether oxygens (including phenoxy) is 2. The Balaban J connectivity index is 1.60. The second-order valence-electron chi connectivity index (χ2n) is 5.48. The van der Waals surface area contributed by atoms with E-state index in [2.05, 4.69) is 10.5 Å². The van der Waals surface area contributed by atoms with E-state index in [4.69, 9.17) is 9.47 Å². The van der Waals surface area contributed by atoms with Crippen LogP contribution in [0.1, 0.15) is 5.56 Å². The quantitative estimate of drug-likeness (QED) is 0.529. The van der Waals surface area contributed by atoms with Crippen LogP contribution in [0.15, 0.2) is 65.8 Å². The van der Waals surface area contributed by atoms with Gasteiger partial charge in [0.1, 0.15) is 17.2 Å². The topological polar surface area (TPSA) is 80.2 Å². The number of methoxy groups -OCH3 is 1. The van der Waals surface area contributed by atoms with Crippen molar-refractivity contribution < 1.29 is 19.4 Å². The van der Waals surface area contributed by atoms with Crippen molar-refractivity contribution in [3.63, 3.8) is 0 Å². The SMILES string of the molecule is COc1ccc(OCC(=O)NN=Cc2c(O)ccc3ccccc23)cc1. The molecule has 0 heterocycles. The van der Waals surface area contributed by atoms with Gasteiger partial charge in [0.2, 0.25) is 0 Å². The van der Waals surface area contributed by atoms with Gasteiger partial charge in [0.25, 0.3) is 5.91 Å². The average Bonchev–Trinajstić information content (AvgIpc) is 2.68. The minimum absolute atomic E-state index is 0.0937. The molecule has 6 heteroatoms. The van der Waals surface area contributed by atoms with Crippen LogP contribution in [-0.4, -0.2) is 30.9 Å². The number of phenols is 1. The van der Waals surface area contributed by atoms with Gasteiger partial charge in [0.05, 0.1) is 13.3 Å². The molecule has 1 amide bonds. The van der Waals surface area contributed by atoms with Gasteiger partial charge >= 0.3 is 0 Å². The van der Waals surface area contributed by atoms with Gasteiger partial charge in [-0.1, -0.05) is 30.3 Å². The fraction of sp³-hybridized carbons (Fsp3) is 0.100. The highest BCUT2D eigenvalue weighted by Crippen LogP contribution is 2.25. The van der Waals surface area contributed by atoms with Crippen molar-refractivity contribution >= 4 is 22.9 Å². The molecule has 0 fully saturated rings. The number of hydrogen-bond donors (Lipinski definition) is 2. The first-order valence-corrected chi connectivity index (χ1v) is 7.97. The number of hydrogen-bond acceptors (Lipinski definition) is 5. The molecule has 0 unspecified atom stereocenters. The number of aromatic hydroxyl groups is 1. The van der Waals surface area contributed by atoms with Crippen LogP contribution in [0.5, 0.6) is 17.2 Å². The molecule has 2 N–H and O–H groups in total. The molecular weight excluding hydrogens is 332 g/mol. The molecule has 0 aliphatic carbocycles. The van der Waals surface area contributed by atoms with E-state index >= 15 is 0 Å². The first-order chi connectivity index (χ1) is 12.7. The number of benzene rings is 3. The van der Waals surface area contributed by atoms with E-state index in [9.17, 15) is 9.90 Å². The van der Waals surface area contributed by atoms with E-state index in [-0.39, 0.29) is 12.4 Å². The summed E-state index contributed by atoms with van der Waals surface area (Å²) in [6, 6.07) is 17.9. The lowest BCUT2D eigenvalue weighted by atomic mass is 10.0. The third-order valence-corrected chi connectivity index (χ3v) is 3.76. The highest BCUT2D eigenvalue weighted by atomic mass is 16.5. The summed E-state index contributed by atoms with van der Waals surface area (Å²) in [5.41, 5.74) is 2.93. The maximum absolute atomic E-state index is 11.8. The predicted octanol–water partition coefficient (Wildman–Crippen LogP) is 3.08. The minimum atomic E-state index is -0.406. The van der Waals surface area contributed by atoms with Gasteiger partial charge in [-0.05, 0) is 41.1 Å². The van der Waals surface area contributed by atoms with E-state index in [1.54, 1.807) is 37.4 Å². The van der Waals surface area contributed by atoms with Gasteiger partial charge < -0.3 is 14.6 Å². The molecule has 0 aliphatic rings. The summed E-state index contributed by atoms with van der Waals surface area (Å²) in [4.78, 5) is 11.8. The number of phenolic OH excluding ortho intramolecular Hbond substituents is 1. The number of rotatable bonds is 6. The number of nitrogens with one attached hydrogen (secondary N) is 1. The maximum atomic E-state index is 11.8. The molecule has 3 aromatic rings. The first-order valence-electron chi connectivity index (χ1n) is 7.97. The van der Waals surface area contributed by atoms with Crippen LogP contribution in [-0.2, 0) is 4.79 Å². The second kappa shape index (κ2) is 8.02. The highest BCUT2D eigenvalue weighted by Gasteiger charge is 2.05. The van der Waals surface area contributed by atoms with Gasteiger partial charge in [0, 0.05) is 5.56 Å². The summed E-state index contributed by atoms with van der Waals surface area (Å²) < 4.78 is 10.4. The van der Waals surface area contributed by atoms with Gasteiger partial charge in [-0.25, -0.2) is 5.43 Å². The van der Waals surface area contributed by atoms with Gasteiger partial charge in [-0.2, -0.15) is 5.10 Å². The van der Waals surface area contributed by atoms with Crippen molar-refractivity contribution in [3.05, 3.63) is 66.2 Å². The monoisotopic (exact) mass is 350 g/mol. The largest absolute Gasteiger partial charge is 0.507 e. The summed E-state index contributed by atoms with van der Waals surface area (Å²) in [5.74, 6) is 0.950. The smallest absolute Gasteiger partial charge is 0.277 e. The Kier molecular flexibility index (Phi) is 5.34. The molecule has 0 aliphatic heterocycles. The summed E-state index contributed by atoms with van der Waals surface area (Å²) in [6.45, 7) is -0.175. The Hall–Kier alpha value is -3.54. The van der Waals surface area contributed by atoms with Crippen molar-refractivity contribution in [2.75, 3.05) is 13.7 Å². The van der Waals surface area contributed by atoms with E-state index in [0.29, 0.717) is 17.1 Å². The third-order valence-electron chi connectivity index (χ3n) is 3.76.